The number of benzene rings is 8. The third kappa shape index (κ3) is 12.6. The molecule has 8 aromatic rings. The maximum absolute atomic E-state index is 15.4. The number of halogens is 36. The van der Waals surface area contributed by atoms with E-state index < -0.39 is 268 Å². The van der Waals surface area contributed by atoms with Crippen LogP contribution in [0.5, 0.6) is 0 Å². The summed E-state index contributed by atoms with van der Waals surface area (Å²) in [6, 6.07) is -8.85. The van der Waals surface area contributed by atoms with Crippen molar-refractivity contribution in [2.24, 2.45) is 0 Å². The average Bonchev–Trinajstić information content (AvgIpc) is 0.711. The molecule has 0 aliphatic heterocycles. The van der Waals surface area contributed by atoms with Crippen LogP contribution in [0.3, 0.4) is 0 Å². The van der Waals surface area contributed by atoms with Crippen molar-refractivity contribution in [2.45, 2.75) is 74.1 Å². The molecule has 0 amide bonds. The molecule has 0 bridgehead atoms. The lowest BCUT2D eigenvalue weighted by Gasteiger charge is -2.32. The van der Waals surface area contributed by atoms with E-state index in [-0.39, 0.29) is 36.4 Å². The topological polar surface area (TPSA) is 0 Å². The number of hydrogen-bond donors (Lipinski definition) is 0. The van der Waals surface area contributed by atoms with Gasteiger partial charge in [0.25, 0.3) is 0 Å². The van der Waals surface area contributed by atoms with Crippen LogP contribution in [-0.4, -0.2) is 13.4 Å². The summed E-state index contributed by atoms with van der Waals surface area (Å²) in [4.78, 5) is 0. The molecule has 0 aliphatic carbocycles. The molecule has 8 rings (SSSR count). The zero-order valence-corrected chi connectivity index (χ0v) is 42.0. The molecule has 0 N–H and O–H groups in total. The van der Waals surface area contributed by atoms with Crippen LogP contribution >= 0.6 is 0 Å². The number of rotatable bonds is 6. The van der Waals surface area contributed by atoms with Gasteiger partial charge in [0.1, 0.15) is 0 Å². The molecule has 0 atom stereocenters. The molecule has 0 aromatic heterocycles. The van der Waals surface area contributed by atoms with Gasteiger partial charge in [-0.1, -0.05) is 59.5 Å². The van der Waals surface area contributed by atoms with E-state index >= 15 is 105 Å². The summed E-state index contributed by atoms with van der Waals surface area (Å²) in [6.07, 6.45) is -80.5. The largest absolute Gasteiger partial charge is 0.416 e. The zero-order chi connectivity index (χ0) is 68.3. The van der Waals surface area contributed by atoms with Crippen LogP contribution in [0.15, 0.2) is 97.1 Å². The highest BCUT2D eigenvalue weighted by Crippen LogP contribution is 2.48. The van der Waals surface area contributed by atoms with Gasteiger partial charge < -0.3 is 0 Å². The van der Waals surface area contributed by atoms with Crippen LogP contribution in [0.25, 0.3) is 32.3 Å². The Bertz CT molecular complexity index is 3520. The fourth-order valence-electron chi connectivity index (χ4n) is 10.6. The van der Waals surface area contributed by atoms with Crippen LogP contribution < -0.4 is 32.8 Å². The van der Waals surface area contributed by atoms with Crippen molar-refractivity contribution in [1.82, 2.24) is 0 Å². The number of alkyl halides is 36. The molecular weight excluding hydrogens is 1330 g/mol. The van der Waals surface area contributed by atoms with Gasteiger partial charge in [0.2, 0.25) is 13.4 Å². The molecule has 0 fully saturated rings. The van der Waals surface area contributed by atoms with Gasteiger partial charge in [0, 0.05) is 0 Å². The lowest BCUT2D eigenvalue weighted by Crippen LogP contribution is -2.60. The van der Waals surface area contributed by atoms with E-state index in [9.17, 15) is 52.7 Å². The van der Waals surface area contributed by atoms with Crippen LogP contribution in [0.4, 0.5) is 158 Å². The maximum atomic E-state index is 15.4. The predicted molar refractivity (Wildman–Crippen MR) is 245 cm³/mol. The summed E-state index contributed by atoms with van der Waals surface area (Å²) in [5, 5.41) is -7.38. The van der Waals surface area contributed by atoms with Gasteiger partial charge in [-0.15, -0.1) is 0 Å². The first-order valence-electron chi connectivity index (χ1n) is 23.5. The van der Waals surface area contributed by atoms with Crippen molar-refractivity contribution < 1.29 is 158 Å². The SMILES string of the molecule is FC(F)(F)c1cc(C(F)(F)F)c(B(c2c(C(F)(F)F)cc(C(F)(F)F)cc2C(F)(F)F)c2ccc3ccc4ccc(B(c5c(C(F)(F)F)cc(C(F)(F)F)cc5C(F)(F)F)c5c(C(F)(F)F)cc(C(F)(F)F)cc5C(F)(F)F)c5ccc2c3c45)c(C(F)(F)F)c1. The Morgan fingerprint density at radius 3 is 0.489 bits per heavy atom. The highest BCUT2D eigenvalue weighted by Gasteiger charge is 2.56. The fraction of sp³-hybridized carbons (Fsp3) is 0.231. The second kappa shape index (κ2) is 21.0. The minimum absolute atomic E-state index is 0.0209. The molecule has 0 saturated heterocycles. The molecule has 90 heavy (non-hydrogen) atoms. The second-order valence-electron chi connectivity index (χ2n) is 19.5. The third-order valence-electron chi connectivity index (χ3n) is 14.0. The van der Waals surface area contributed by atoms with E-state index in [1.54, 1.807) is 0 Å². The Balaban J connectivity index is 1.71. The van der Waals surface area contributed by atoms with Gasteiger partial charge in [-0.25, -0.2) is 0 Å². The molecule has 0 nitrogen and oxygen atoms in total. The molecule has 0 saturated carbocycles. The first kappa shape index (κ1) is 68.3. The summed E-state index contributed by atoms with van der Waals surface area (Å²) in [7, 11) is 0. The van der Waals surface area contributed by atoms with Crippen LogP contribution in [0, 0.1) is 0 Å². The van der Waals surface area contributed by atoms with Crippen molar-refractivity contribution in [2.75, 3.05) is 0 Å². The van der Waals surface area contributed by atoms with Gasteiger partial charge in [-0.05, 0) is 103 Å². The lowest BCUT2D eigenvalue weighted by atomic mass is 9.33. The van der Waals surface area contributed by atoms with E-state index in [1.165, 1.54) is 0 Å². The standard InChI is InChI=1S/C52H16B2F36/c55-41(56,57)19-9-25(45(67,68)69)37(26(10-19)46(70,71)72)53(38-27(47(73,74)75)11-20(42(58,59)60)12-28(38)48(76,77)78)33-7-3-17-1-2-18-4-8-34(24-6-5-23(33)35(17)36(18)24)54(39-29(49(79,80)81)13-21(43(61,62)63)14-30(39)50(82,83)84)40-31(51(85,86)87)15-22(44(64,65)66)16-32(40)52(88,89)90/h1-16H. The van der Waals surface area contributed by atoms with E-state index in [2.05, 4.69) is 0 Å². The fourth-order valence-corrected chi connectivity index (χ4v) is 10.6. The quantitative estimate of drug-likeness (QED) is 0.0884. The van der Waals surface area contributed by atoms with Crippen LogP contribution in [0.2, 0.25) is 0 Å². The van der Waals surface area contributed by atoms with Crippen molar-refractivity contribution in [1.29, 1.82) is 0 Å². The smallest absolute Gasteiger partial charge is 0.166 e. The summed E-state index contributed by atoms with van der Waals surface area (Å²) in [5.74, 6) is 0. The molecule has 0 heterocycles. The summed E-state index contributed by atoms with van der Waals surface area (Å²) < 4.78 is 539. The van der Waals surface area contributed by atoms with Crippen molar-refractivity contribution in [3.63, 3.8) is 0 Å². The van der Waals surface area contributed by atoms with Crippen LogP contribution in [0.1, 0.15) is 66.8 Å². The maximum Gasteiger partial charge on any atom is 0.416 e. The highest BCUT2D eigenvalue weighted by atomic mass is 19.5. The number of hydrogen-bond acceptors (Lipinski definition) is 0. The highest BCUT2D eigenvalue weighted by molar-refractivity contribution is 6.99. The average molecular weight is 1350 g/mol. The Labute approximate surface area is 474 Å². The molecular formula is C52H16B2F36. The van der Waals surface area contributed by atoms with Gasteiger partial charge in [0.05, 0.1) is 66.8 Å². The van der Waals surface area contributed by atoms with E-state index in [0.29, 0.717) is 12.1 Å². The third-order valence-corrected chi connectivity index (χ3v) is 14.0. The van der Waals surface area contributed by atoms with Crippen molar-refractivity contribution >= 4 is 78.5 Å². The molecule has 8 aromatic carbocycles. The van der Waals surface area contributed by atoms with Gasteiger partial charge in [0.15, 0.2) is 0 Å². The normalized spacial score (nSPS) is 14.2. The molecule has 38 heteroatoms. The summed E-state index contributed by atoms with van der Waals surface area (Å²) >= 11 is 0. The predicted octanol–water partition coefficient (Wildman–Crippen LogP) is 17.8. The Morgan fingerprint density at radius 2 is 0.344 bits per heavy atom. The first-order chi connectivity index (χ1) is 40.3. The van der Waals surface area contributed by atoms with E-state index in [4.69, 9.17) is 0 Å². The monoisotopic (exact) mass is 1350 g/mol. The van der Waals surface area contributed by atoms with E-state index in [1.807, 2.05) is 0 Å². The molecule has 0 unspecified atom stereocenters. The minimum atomic E-state index is -6.86. The molecule has 0 radical (unpaired) electrons. The van der Waals surface area contributed by atoms with Gasteiger partial charge >= 0.3 is 74.1 Å². The Hall–Kier alpha value is -7.59. The Kier molecular flexibility index (Phi) is 15.9. The minimum Gasteiger partial charge on any atom is -0.166 e. The first-order valence-corrected chi connectivity index (χ1v) is 23.5. The summed E-state index contributed by atoms with van der Waals surface area (Å²) in [6.45, 7) is -8.81. The van der Waals surface area contributed by atoms with Crippen molar-refractivity contribution in [3.05, 3.63) is 164 Å². The van der Waals surface area contributed by atoms with Crippen molar-refractivity contribution in [3.8, 4) is 0 Å². The van der Waals surface area contributed by atoms with E-state index in [0.717, 1.165) is 0 Å². The molecule has 0 spiro atoms. The Morgan fingerprint density at radius 1 is 0.189 bits per heavy atom. The van der Waals surface area contributed by atoms with Gasteiger partial charge in [-0.2, -0.15) is 158 Å². The molecule has 482 valence electrons. The summed E-state index contributed by atoms with van der Waals surface area (Å²) in [5.41, 5.74) is -56.3. The zero-order valence-electron chi connectivity index (χ0n) is 42.0. The van der Waals surface area contributed by atoms with Gasteiger partial charge in [-0.3, -0.25) is 0 Å². The van der Waals surface area contributed by atoms with Crippen LogP contribution in [-0.2, 0) is 74.1 Å². The lowest BCUT2D eigenvalue weighted by molar-refractivity contribution is -0.150. The molecule has 0 aliphatic rings. The second-order valence-corrected chi connectivity index (χ2v) is 19.5.